The Kier molecular flexibility index (Phi) is 4.63. The lowest BCUT2D eigenvalue weighted by Crippen LogP contribution is -2.39. The van der Waals surface area contributed by atoms with Crippen LogP contribution in [0.5, 0.6) is 0 Å². The quantitative estimate of drug-likeness (QED) is 0.744. The Balaban J connectivity index is 1.58. The molecule has 0 unspecified atom stereocenters. The van der Waals surface area contributed by atoms with Crippen LogP contribution in [0.25, 0.3) is 0 Å². The van der Waals surface area contributed by atoms with E-state index in [-0.39, 0.29) is 42.7 Å². The standard InChI is InChI=1S/C17H22N2O4/c20-10-12-6-13(8-15(12)21)18-17(23)11-7-16(22)19(9-11)14-4-2-1-3-5-14/h1-5,11-13,15,20-21H,6-10H2,(H,18,23)/t11-,12-,13+,15+/m1/s1. The van der Waals surface area contributed by atoms with Crippen LogP contribution in [0, 0.1) is 11.8 Å². The average molecular weight is 318 g/mol. The molecule has 124 valence electrons. The first kappa shape index (κ1) is 16.0. The molecule has 3 rings (SSSR count). The molecule has 2 fully saturated rings. The molecule has 0 aromatic heterocycles. The minimum absolute atomic E-state index is 0.0453. The van der Waals surface area contributed by atoms with E-state index in [4.69, 9.17) is 0 Å². The Bertz CT molecular complexity index is 577. The van der Waals surface area contributed by atoms with Crippen molar-refractivity contribution in [2.24, 2.45) is 11.8 Å². The molecule has 6 heteroatoms. The molecule has 23 heavy (non-hydrogen) atoms. The molecule has 4 atom stereocenters. The number of anilines is 1. The Morgan fingerprint density at radius 3 is 2.65 bits per heavy atom. The van der Waals surface area contributed by atoms with Gasteiger partial charge in [0.1, 0.15) is 0 Å². The second-order valence-electron chi connectivity index (χ2n) is 6.43. The van der Waals surface area contributed by atoms with Crippen LogP contribution in [0.2, 0.25) is 0 Å². The van der Waals surface area contributed by atoms with E-state index in [0.717, 1.165) is 5.69 Å². The third-order valence-corrected chi connectivity index (χ3v) is 4.80. The van der Waals surface area contributed by atoms with Crippen LogP contribution in [0.4, 0.5) is 5.69 Å². The van der Waals surface area contributed by atoms with E-state index in [0.29, 0.717) is 19.4 Å². The van der Waals surface area contributed by atoms with Gasteiger partial charge in [0.05, 0.1) is 12.0 Å². The summed E-state index contributed by atoms with van der Waals surface area (Å²) in [7, 11) is 0. The fourth-order valence-corrected chi connectivity index (χ4v) is 3.48. The number of aliphatic hydroxyl groups is 2. The molecule has 1 aromatic rings. The van der Waals surface area contributed by atoms with Gasteiger partial charge in [-0.05, 0) is 25.0 Å². The highest BCUT2D eigenvalue weighted by molar-refractivity contribution is 6.00. The lowest BCUT2D eigenvalue weighted by molar-refractivity contribution is -0.126. The van der Waals surface area contributed by atoms with E-state index in [9.17, 15) is 19.8 Å². The maximum atomic E-state index is 12.4. The van der Waals surface area contributed by atoms with Gasteiger partial charge in [0.2, 0.25) is 11.8 Å². The molecule has 0 bridgehead atoms. The van der Waals surface area contributed by atoms with Crippen LogP contribution >= 0.6 is 0 Å². The lowest BCUT2D eigenvalue weighted by Gasteiger charge is -2.18. The predicted octanol–water partition coefficient (Wildman–Crippen LogP) is 0.287. The highest BCUT2D eigenvalue weighted by Crippen LogP contribution is 2.28. The number of hydrogen-bond acceptors (Lipinski definition) is 4. The number of rotatable bonds is 4. The van der Waals surface area contributed by atoms with E-state index in [1.165, 1.54) is 0 Å². The minimum atomic E-state index is -0.573. The molecule has 1 heterocycles. The number of nitrogens with zero attached hydrogens (tertiary/aromatic N) is 1. The molecule has 1 aliphatic heterocycles. The second kappa shape index (κ2) is 6.68. The summed E-state index contributed by atoms with van der Waals surface area (Å²) in [5, 5.41) is 21.9. The van der Waals surface area contributed by atoms with Crippen molar-refractivity contribution in [2.45, 2.75) is 31.4 Å². The van der Waals surface area contributed by atoms with Gasteiger partial charge >= 0.3 is 0 Å². The van der Waals surface area contributed by atoms with Gasteiger partial charge in [0.15, 0.2) is 0 Å². The van der Waals surface area contributed by atoms with E-state index in [1.807, 2.05) is 30.3 Å². The maximum Gasteiger partial charge on any atom is 0.227 e. The number of hydrogen-bond donors (Lipinski definition) is 3. The molecule has 1 aliphatic carbocycles. The Hall–Kier alpha value is -1.92. The maximum absolute atomic E-state index is 12.4. The number of carbonyl (C=O) groups excluding carboxylic acids is 2. The van der Waals surface area contributed by atoms with Crippen molar-refractivity contribution < 1.29 is 19.8 Å². The summed E-state index contributed by atoms with van der Waals surface area (Å²) in [5.41, 5.74) is 0.810. The van der Waals surface area contributed by atoms with Crippen molar-refractivity contribution in [3.8, 4) is 0 Å². The Morgan fingerprint density at radius 2 is 2.00 bits per heavy atom. The average Bonchev–Trinajstić information content (AvgIpc) is 3.11. The van der Waals surface area contributed by atoms with Gasteiger partial charge in [-0.25, -0.2) is 0 Å². The van der Waals surface area contributed by atoms with Crippen molar-refractivity contribution >= 4 is 17.5 Å². The summed E-state index contributed by atoms with van der Waals surface area (Å²) in [6, 6.07) is 9.21. The van der Waals surface area contributed by atoms with Crippen molar-refractivity contribution in [1.29, 1.82) is 0 Å². The first-order chi connectivity index (χ1) is 11.1. The normalized spacial score (nSPS) is 30.7. The number of benzene rings is 1. The van der Waals surface area contributed by atoms with Gasteiger partial charge in [0.25, 0.3) is 0 Å². The number of carbonyl (C=O) groups is 2. The van der Waals surface area contributed by atoms with Gasteiger partial charge in [-0.2, -0.15) is 0 Å². The molecule has 1 saturated carbocycles. The third-order valence-electron chi connectivity index (χ3n) is 4.80. The summed E-state index contributed by atoms with van der Waals surface area (Å²) < 4.78 is 0. The predicted molar refractivity (Wildman–Crippen MR) is 84.6 cm³/mol. The highest BCUT2D eigenvalue weighted by Gasteiger charge is 2.38. The van der Waals surface area contributed by atoms with E-state index < -0.39 is 6.10 Å². The smallest absolute Gasteiger partial charge is 0.227 e. The summed E-state index contributed by atoms with van der Waals surface area (Å²) in [5.74, 6) is -0.733. The molecule has 1 aromatic carbocycles. The van der Waals surface area contributed by atoms with Crippen LogP contribution in [0.15, 0.2) is 30.3 Å². The lowest BCUT2D eigenvalue weighted by atomic mass is 10.1. The van der Waals surface area contributed by atoms with E-state index in [2.05, 4.69) is 5.32 Å². The summed E-state index contributed by atoms with van der Waals surface area (Å²) in [6.07, 6.45) is 0.669. The zero-order valence-electron chi connectivity index (χ0n) is 12.9. The first-order valence-corrected chi connectivity index (χ1v) is 8.03. The third kappa shape index (κ3) is 3.38. The second-order valence-corrected chi connectivity index (χ2v) is 6.43. The molecule has 1 saturated heterocycles. The molecule has 3 N–H and O–H groups in total. The summed E-state index contributed by atoms with van der Waals surface area (Å²) in [6.45, 7) is 0.310. The molecular formula is C17H22N2O4. The molecule has 2 aliphatic rings. The Morgan fingerprint density at radius 1 is 1.26 bits per heavy atom. The Labute approximate surface area is 135 Å². The van der Waals surface area contributed by atoms with Crippen LogP contribution < -0.4 is 10.2 Å². The SMILES string of the molecule is O=C(N[C@H]1C[C@H](CO)[C@@H](O)C1)[C@@H]1CC(=O)N(c2ccccc2)C1. The van der Waals surface area contributed by atoms with Crippen LogP contribution in [-0.2, 0) is 9.59 Å². The minimum Gasteiger partial charge on any atom is -0.396 e. The zero-order valence-corrected chi connectivity index (χ0v) is 12.9. The van der Waals surface area contributed by atoms with Crippen molar-refractivity contribution in [3.63, 3.8) is 0 Å². The molecule has 0 spiro atoms. The summed E-state index contributed by atoms with van der Waals surface area (Å²) in [4.78, 5) is 26.2. The molecular weight excluding hydrogens is 296 g/mol. The van der Waals surface area contributed by atoms with Crippen LogP contribution in [-0.4, -0.2) is 47.3 Å². The molecule has 2 amide bonds. The largest absolute Gasteiger partial charge is 0.396 e. The van der Waals surface area contributed by atoms with Gasteiger partial charge in [-0.3, -0.25) is 9.59 Å². The van der Waals surface area contributed by atoms with Crippen LogP contribution in [0.1, 0.15) is 19.3 Å². The molecule has 6 nitrogen and oxygen atoms in total. The highest BCUT2D eigenvalue weighted by atomic mass is 16.3. The van der Waals surface area contributed by atoms with Crippen molar-refractivity contribution in [1.82, 2.24) is 5.32 Å². The number of aliphatic hydroxyl groups excluding tert-OH is 2. The van der Waals surface area contributed by atoms with E-state index in [1.54, 1.807) is 4.90 Å². The van der Waals surface area contributed by atoms with Crippen molar-refractivity contribution in [3.05, 3.63) is 30.3 Å². The van der Waals surface area contributed by atoms with Gasteiger partial charge < -0.3 is 20.4 Å². The van der Waals surface area contributed by atoms with Gasteiger partial charge in [-0.1, -0.05) is 18.2 Å². The van der Waals surface area contributed by atoms with Crippen LogP contribution in [0.3, 0.4) is 0 Å². The fraction of sp³-hybridized carbons (Fsp3) is 0.529. The zero-order chi connectivity index (χ0) is 16.4. The fourth-order valence-electron chi connectivity index (χ4n) is 3.48. The first-order valence-electron chi connectivity index (χ1n) is 8.03. The van der Waals surface area contributed by atoms with Gasteiger partial charge in [-0.15, -0.1) is 0 Å². The number of nitrogens with one attached hydrogen (secondary N) is 1. The molecule has 0 radical (unpaired) electrons. The number of amides is 2. The topological polar surface area (TPSA) is 89.9 Å². The summed E-state index contributed by atoms with van der Waals surface area (Å²) >= 11 is 0. The van der Waals surface area contributed by atoms with Crippen molar-refractivity contribution in [2.75, 3.05) is 18.1 Å². The number of para-hydroxylation sites is 1. The van der Waals surface area contributed by atoms with E-state index >= 15 is 0 Å². The monoisotopic (exact) mass is 318 g/mol. The van der Waals surface area contributed by atoms with Gasteiger partial charge in [0, 0.05) is 37.2 Å².